The summed E-state index contributed by atoms with van der Waals surface area (Å²) in [5, 5.41) is 0.726. The molecular weight excluding hydrogens is 414 g/mol. The first-order valence-electron chi connectivity index (χ1n) is 10.8. The van der Waals surface area contributed by atoms with E-state index in [-0.39, 0.29) is 18.4 Å². The summed E-state index contributed by atoms with van der Waals surface area (Å²) in [6, 6.07) is 11.8. The maximum Gasteiger partial charge on any atom is 0.242 e. The third kappa shape index (κ3) is 7.71. The molecule has 0 unspecified atom stereocenters. The van der Waals surface area contributed by atoms with E-state index in [1.807, 2.05) is 47.5 Å². The average Bonchev–Trinajstić information content (AvgIpc) is 3.17. The molecule has 1 aromatic heterocycles. The van der Waals surface area contributed by atoms with E-state index in [1.165, 1.54) is 0 Å². The fourth-order valence-electron chi connectivity index (χ4n) is 3.43. The lowest BCUT2D eigenvalue weighted by Gasteiger charge is -2.29. The first kappa shape index (κ1) is 25.0. The summed E-state index contributed by atoms with van der Waals surface area (Å²) in [5.41, 5.74) is 2.06. The van der Waals surface area contributed by atoms with Crippen molar-refractivity contribution in [2.24, 2.45) is 5.92 Å². The summed E-state index contributed by atoms with van der Waals surface area (Å²) < 4.78 is 7.22. The molecule has 6 nitrogen and oxygen atoms in total. The van der Waals surface area contributed by atoms with Crippen LogP contribution in [0.5, 0.6) is 0 Å². The third-order valence-electron chi connectivity index (χ3n) is 5.06. The highest BCUT2D eigenvalue weighted by molar-refractivity contribution is 6.31. The van der Waals surface area contributed by atoms with Crippen LogP contribution in [0, 0.1) is 5.92 Å². The van der Waals surface area contributed by atoms with Gasteiger partial charge in [0.15, 0.2) is 0 Å². The maximum absolute atomic E-state index is 13.2. The molecule has 0 aliphatic rings. The SMILES string of the molecule is CCC(=O)N(CCOC)CC(=O)N(Cc1cccn1Cc1ccccc1Cl)CC(C)C. The number of hydrogen-bond donors (Lipinski definition) is 0. The summed E-state index contributed by atoms with van der Waals surface area (Å²) in [6.07, 6.45) is 2.37. The standard InChI is InChI=1S/C24H34ClN3O3/c1-5-23(29)27(13-14-31-4)18-24(30)28(15-19(2)3)17-21-10-8-12-26(21)16-20-9-6-7-11-22(20)25/h6-12,19H,5,13-18H2,1-4H3. The zero-order chi connectivity index (χ0) is 22.8. The second-order valence-electron chi connectivity index (χ2n) is 8.05. The average molecular weight is 448 g/mol. The Morgan fingerprint density at radius 1 is 1.10 bits per heavy atom. The molecule has 0 fully saturated rings. The van der Waals surface area contributed by atoms with Crippen LogP contribution in [0.25, 0.3) is 0 Å². The maximum atomic E-state index is 13.2. The van der Waals surface area contributed by atoms with Gasteiger partial charge in [-0.15, -0.1) is 0 Å². The molecule has 0 aliphatic heterocycles. The zero-order valence-corrected chi connectivity index (χ0v) is 19.8. The van der Waals surface area contributed by atoms with Gasteiger partial charge >= 0.3 is 0 Å². The van der Waals surface area contributed by atoms with Gasteiger partial charge < -0.3 is 19.1 Å². The third-order valence-corrected chi connectivity index (χ3v) is 5.43. The Labute approximate surface area is 190 Å². The number of carbonyl (C=O) groups excluding carboxylic acids is 2. The van der Waals surface area contributed by atoms with Crippen LogP contribution in [-0.2, 0) is 27.4 Å². The van der Waals surface area contributed by atoms with Crippen LogP contribution in [-0.4, -0.2) is 59.5 Å². The van der Waals surface area contributed by atoms with E-state index in [0.29, 0.717) is 45.1 Å². The molecule has 0 atom stereocenters. The van der Waals surface area contributed by atoms with Crippen molar-refractivity contribution in [3.63, 3.8) is 0 Å². The highest BCUT2D eigenvalue weighted by Crippen LogP contribution is 2.18. The van der Waals surface area contributed by atoms with Crippen molar-refractivity contribution in [3.8, 4) is 0 Å². The number of carbonyl (C=O) groups is 2. The Kier molecular flexibility index (Phi) is 10.1. The molecule has 0 N–H and O–H groups in total. The number of ether oxygens (including phenoxy) is 1. The number of rotatable bonds is 12. The normalized spacial score (nSPS) is 11.0. The van der Waals surface area contributed by atoms with E-state index in [9.17, 15) is 9.59 Å². The Bertz CT molecular complexity index is 850. The molecule has 2 amide bonds. The minimum atomic E-state index is -0.0582. The Hall–Kier alpha value is -2.31. The number of halogens is 1. The monoisotopic (exact) mass is 447 g/mol. The zero-order valence-electron chi connectivity index (χ0n) is 19.0. The summed E-state index contributed by atoms with van der Waals surface area (Å²) >= 11 is 6.34. The van der Waals surface area contributed by atoms with Crippen LogP contribution >= 0.6 is 11.6 Å². The predicted octanol–water partition coefficient (Wildman–Crippen LogP) is 4.06. The fraction of sp³-hybridized carbons (Fsp3) is 0.500. The minimum absolute atomic E-state index is 0.0445. The van der Waals surface area contributed by atoms with E-state index >= 15 is 0 Å². The molecular formula is C24H34ClN3O3. The first-order valence-corrected chi connectivity index (χ1v) is 11.1. The van der Waals surface area contributed by atoms with Crippen molar-refractivity contribution in [2.75, 3.05) is 33.4 Å². The summed E-state index contributed by atoms with van der Waals surface area (Å²) in [4.78, 5) is 28.9. The number of aromatic nitrogens is 1. The molecule has 0 spiro atoms. The van der Waals surface area contributed by atoms with Crippen LogP contribution in [0.2, 0.25) is 5.02 Å². The van der Waals surface area contributed by atoms with Crippen molar-refractivity contribution >= 4 is 23.4 Å². The number of benzene rings is 1. The van der Waals surface area contributed by atoms with Gasteiger partial charge in [-0.1, -0.05) is 50.6 Å². The summed E-state index contributed by atoms with van der Waals surface area (Å²) in [5.74, 6) is 0.208. The van der Waals surface area contributed by atoms with E-state index in [2.05, 4.69) is 18.4 Å². The minimum Gasteiger partial charge on any atom is -0.383 e. The van der Waals surface area contributed by atoms with Crippen molar-refractivity contribution in [2.45, 2.75) is 40.3 Å². The van der Waals surface area contributed by atoms with E-state index in [0.717, 1.165) is 16.3 Å². The molecule has 31 heavy (non-hydrogen) atoms. The lowest BCUT2D eigenvalue weighted by molar-refractivity contribution is -0.141. The van der Waals surface area contributed by atoms with Crippen LogP contribution in [0.3, 0.4) is 0 Å². The van der Waals surface area contributed by atoms with Gasteiger partial charge in [0.05, 0.1) is 19.7 Å². The molecule has 0 aliphatic carbocycles. The predicted molar refractivity (Wildman–Crippen MR) is 124 cm³/mol. The number of methoxy groups -OCH3 is 1. The molecule has 7 heteroatoms. The molecule has 0 saturated carbocycles. The second kappa shape index (κ2) is 12.5. The number of amides is 2. The fourth-order valence-corrected chi connectivity index (χ4v) is 3.62. The second-order valence-corrected chi connectivity index (χ2v) is 8.46. The smallest absolute Gasteiger partial charge is 0.242 e. The Balaban J connectivity index is 2.16. The largest absolute Gasteiger partial charge is 0.383 e. The van der Waals surface area contributed by atoms with E-state index in [4.69, 9.17) is 16.3 Å². The number of hydrogen-bond acceptors (Lipinski definition) is 3. The molecule has 2 rings (SSSR count). The number of nitrogens with zero attached hydrogens (tertiary/aromatic N) is 3. The van der Waals surface area contributed by atoms with Crippen LogP contribution in [0.1, 0.15) is 38.4 Å². The van der Waals surface area contributed by atoms with Gasteiger partial charge in [-0.3, -0.25) is 9.59 Å². The van der Waals surface area contributed by atoms with Crippen LogP contribution < -0.4 is 0 Å². The summed E-state index contributed by atoms with van der Waals surface area (Å²) in [7, 11) is 1.59. The molecule has 1 heterocycles. The van der Waals surface area contributed by atoms with Crippen LogP contribution in [0.4, 0.5) is 0 Å². The molecule has 170 valence electrons. The van der Waals surface area contributed by atoms with Gasteiger partial charge in [-0.05, 0) is 29.7 Å². The molecule has 1 aromatic carbocycles. The molecule has 0 saturated heterocycles. The van der Waals surface area contributed by atoms with E-state index < -0.39 is 0 Å². The van der Waals surface area contributed by atoms with Crippen molar-refractivity contribution in [3.05, 3.63) is 58.9 Å². The lowest BCUT2D eigenvalue weighted by atomic mass is 10.2. The highest BCUT2D eigenvalue weighted by Gasteiger charge is 2.22. The van der Waals surface area contributed by atoms with Gasteiger partial charge in [-0.2, -0.15) is 0 Å². The van der Waals surface area contributed by atoms with Gasteiger partial charge in [0.2, 0.25) is 11.8 Å². The Morgan fingerprint density at radius 2 is 1.84 bits per heavy atom. The molecule has 0 bridgehead atoms. The summed E-state index contributed by atoms with van der Waals surface area (Å²) in [6.45, 7) is 8.60. The molecule has 0 radical (unpaired) electrons. The van der Waals surface area contributed by atoms with Crippen molar-refractivity contribution < 1.29 is 14.3 Å². The van der Waals surface area contributed by atoms with Gasteiger partial charge in [0, 0.05) is 50.1 Å². The van der Waals surface area contributed by atoms with Crippen molar-refractivity contribution in [1.29, 1.82) is 0 Å². The van der Waals surface area contributed by atoms with Crippen molar-refractivity contribution in [1.82, 2.24) is 14.4 Å². The quantitative estimate of drug-likeness (QED) is 0.493. The Morgan fingerprint density at radius 3 is 2.48 bits per heavy atom. The highest BCUT2D eigenvalue weighted by atomic mass is 35.5. The molecule has 2 aromatic rings. The van der Waals surface area contributed by atoms with Gasteiger partial charge in [0.25, 0.3) is 0 Å². The van der Waals surface area contributed by atoms with Crippen LogP contribution in [0.15, 0.2) is 42.6 Å². The van der Waals surface area contributed by atoms with Gasteiger partial charge in [0.1, 0.15) is 0 Å². The van der Waals surface area contributed by atoms with E-state index in [1.54, 1.807) is 18.9 Å². The topological polar surface area (TPSA) is 54.8 Å². The van der Waals surface area contributed by atoms with Gasteiger partial charge in [-0.25, -0.2) is 0 Å². The lowest BCUT2D eigenvalue weighted by Crippen LogP contribution is -2.45. The first-order chi connectivity index (χ1) is 14.8.